The number of rotatable bonds is 8. The summed E-state index contributed by atoms with van der Waals surface area (Å²) in [6, 6.07) is 90.6. The summed E-state index contributed by atoms with van der Waals surface area (Å²) in [5.74, 6) is 0. The average Bonchev–Trinajstić information content (AvgIpc) is 3.85. The van der Waals surface area contributed by atoms with E-state index >= 15 is 0 Å². The van der Waals surface area contributed by atoms with Gasteiger partial charge in [-0.3, -0.25) is 0 Å². The number of fused-ring (bicyclic) bond motifs is 6. The maximum atomic E-state index is 3.80. The third-order valence-corrected chi connectivity index (χ3v) is 13.1. The molecule has 1 aromatic heterocycles. The third-order valence-electron chi connectivity index (χ3n) is 13.1. The number of nitrogens with zero attached hydrogens (tertiary/aromatic N) is 1. The molecule has 0 saturated heterocycles. The summed E-state index contributed by atoms with van der Waals surface area (Å²) in [5.41, 5.74) is 20.1. The molecule has 1 N–H and O–H groups in total. The van der Waals surface area contributed by atoms with E-state index in [4.69, 9.17) is 0 Å². The second-order valence-electron chi connectivity index (χ2n) is 16.5. The second kappa shape index (κ2) is 15.1. The van der Waals surface area contributed by atoms with Crippen molar-refractivity contribution in [3.8, 4) is 50.2 Å². The van der Waals surface area contributed by atoms with Gasteiger partial charge in [-0.15, -0.1) is 0 Å². The van der Waals surface area contributed by atoms with Crippen LogP contribution < -0.4 is 5.32 Å². The molecule has 1 aliphatic rings. The second-order valence-corrected chi connectivity index (χ2v) is 16.5. The summed E-state index contributed by atoms with van der Waals surface area (Å²) in [4.78, 5) is 0. The molecule has 2 nitrogen and oxygen atoms in total. The van der Waals surface area contributed by atoms with Gasteiger partial charge in [-0.25, -0.2) is 0 Å². The minimum absolute atomic E-state index is 0.400. The van der Waals surface area contributed by atoms with E-state index in [9.17, 15) is 0 Å². The number of hydrogen-bond donors (Lipinski definition) is 1. The van der Waals surface area contributed by atoms with Crippen LogP contribution in [0, 0.1) is 0 Å². The summed E-state index contributed by atoms with van der Waals surface area (Å²) in [5, 5.41) is 6.30. The Bertz CT molecular complexity index is 3400. The Morgan fingerprint density at radius 2 is 0.841 bits per heavy atom. The molecule has 0 amide bonds. The van der Waals surface area contributed by atoms with Crippen molar-refractivity contribution in [2.24, 2.45) is 0 Å². The highest BCUT2D eigenvalue weighted by Gasteiger charge is 2.45. The lowest BCUT2D eigenvalue weighted by molar-refractivity contribution is 0.768. The maximum absolute atomic E-state index is 3.80. The molecule has 0 unspecified atom stereocenters. The molecule has 10 aromatic carbocycles. The topological polar surface area (TPSA) is 17.0 Å². The van der Waals surface area contributed by atoms with Crippen LogP contribution in [0.15, 0.2) is 249 Å². The first kappa shape index (κ1) is 36.6. The molecule has 1 aliphatic carbocycles. The zero-order chi connectivity index (χ0) is 41.7. The van der Waals surface area contributed by atoms with Crippen LogP contribution in [0.5, 0.6) is 0 Å². The molecule has 12 rings (SSSR count). The molecule has 296 valence electrons. The van der Waals surface area contributed by atoms with E-state index in [1.807, 2.05) is 0 Å². The Morgan fingerprint density at radius 1 is 0.317 bits per heavy atom. The number of para-hydroxylation sites is 2. The minimum Gasteiger partial charge on any atom is -0.355 e. The first-order valence-corrected chi connectivity index (χ1v) is 21.8. The summed E-state index contributed by atoms with van der Waals surface area (Å²) < 4.78 is 2.37. The van der Waals surface area contributed by atoms with Crippen molar-refractivity contribution in [3.63, 3.8) is 0 Å². The van der Waals surface area contributed by atoms with Crippen LogP contribution in [0.1, 0.15) is 22.3 Å². The molecule has 1 heterocycles. The van der Waals surface area contributed by atoms with E-state index in [-0.39, 0.29) is 0 Å². The highest BCUT2D eigenvalue weighted by Crippen LogP contribution is 2.56. The van der Waals surface area contributed by atoms with Crippen LogP contribution >= 0.6 is 0 Å². The van der Waals surface area contributed by atoms with Gasteiger partial charge in [0.05, 0.1) is 16.4 Å². The molecule has 2 heteroatoms. The monoisotopic (exact) mass is 802 g/mol. The van der Waals surface area contributed by atoms with E-state index in [0.29, 0.717) is 0 Å². The van der Waals surface area contributed by atoms with Crippen molar-refractivity contribution >= 4 is 33.2 Å². The maximum Gasteiger partial charge on any atom is 0.0713 e. The van der Waals surface area contributed by atoms with Gasteiger partial charge in [0.25, 0.3) is 0 Å². The van der Waals surface area contributed by atoms with Crippen molar-refractivity contribution in [1.29, 1.82) is 0 Å². The van der Waals surface area contributed by atoms with E-state index in [1.165, 1.54) is 83.0 Å². The molecule has 0 fully saturated rings. The Labute approximate surface area is 368 Å². The number of anilines is 2. The summed E-state index contributed by atoms with van der Waals surface area (Å²) >= 11 is 0. The Balaban J connectivity index is 0.895. The van der Waals surface area contributed by atoms with Gasteiger partial charge in [0.15, 0.2) is 0 Å². The fraction of sp³-hybridized carbons (Fsp3) is 0.0164. The quantitative estimate of drug-likeness (QED) is 0.162. The zero-order valence-corrected chi connectivity index (χ0v) is 34.6. The molecule has 0 bridgehead atoms. The molecule has 0 radical (unpaired) electrons. The van der Waals surface area contributed by atoms with Crippen molar-refractivity contribution in [2.75, 3.05) is 5.32 Å². The fourth-order valence-corrected chi connectivity index (χ4v) is 10.2. The lowest BCUT2D eigenvalue weighted by Crippen LogP contribution is -2.28. The summed E-state index contributed by atoms with van der Waals surface area (Å²) in [6.07, 6.45) is 0. The SMILES string of the molecule is c1ccc(-c2cc(-c3ccc4c(c3)c3ccccc3n4-c3ccccc3)ccc2Nc2ccc(-c3ccc4c(c3)-c3ccccc3C4(c3ccccc3)c3ccccc3)cc2)cc1. The van der Waals surface area contributed by atoms with E-state index in [1.54, 1.807) is 0 Å². The number of nitrogens with one attached hydrogen (secondary N) is 1. The molecule has 0 spiro atoms. The van der Waals surface area contributed by atoms with Gasteiger partial charge in [0.1, 0.15) is 0 Å². The third kappa shape index (κ3) is 6.02. The number of hydrogen-bond acceptors (Lipinski definition) is 1. The van der Waals surface area contributed by atoms with Crippen LogP contribution in [0.25, 0.3) is 72.0 Å². The first-order chi connectivity index (χ1) is 31.2. The predicted octanol–water partition coefficient (Wildman–Crippen LogP) is 15.9. The molecular weight excluding hydrogens is 761 g/mol. The Kier molecular flexibility index (Phi) is 8.76. The number of aromatic nitrogens is 1. The van der Waals surface area contributed by atoms with E-state index in [0.717, 1.165) is 22.6 Å². The smallest absolute Gasteiger partial charge is 0.0713 e. The highest BCUT2D eigenvalue weighted by molar-refractivity contribution is 6.10. The average molecular weight is 803 g/mol. The molecule has 11 aromatic rings. The molecule has 0 aliphatic heterocycles. The molecule has 0 atom stereocenters. The van der Waals surface area contributed by atoms with Crippen molar-refractivity contribution in [2.45, 2.75) is 5.41 Å². The van der Waals surface area contributed by atoms with Crippen LogP contribution in [0.4, 0.5) is 11.4 Å². The largest absolute Gasteiger partial charge is 0.355 e. The molecular formula is C61H42N2. The van der Waals surface area contributed by atoms with Crippen LogP contribution in [0.3, 0.4) is 0 Å². The summed E-state index contributed by atoms with van der Waals surface area (Å²) in [7, 11) is 0. The van der Waals surface area contributed by atoms with Gasteiger partial charge in [-0.1, -0.05) is 188 Å². The van der Waals surface area contributed by atoms with Gasteiger partial charge in [-0.05, 0) is 122 Å². The normalized spacial score (nSPS) is 12.6. The van der Waals surface area contributed by atoms with Crippen LogP contribution in [0.2, 0.25) is 0 Å². The first-order valence-electron chi connectivity index (χ1n) is 21.8. The highest BCUT2D eigenvalue weighted by atomic mass is 15.0. The minimum atomic E-state index is -0.400. The van der Waals surface area contributed by atoms with Crippen LogP contribution in [-0.2, 0) is 5.41 Å². The van der Waals surface area contributed by atoms with Gasteiger partial charge in [-0.2, -0.15) is 0 Å². The standard InChI is InChI=1S/C61H42N2/c1-5-17-43(18-6-1)53-39-45(46-33-38-60-55(41-46)52-26-14-16-28-59(52)63(60)50-23-11-4-12-24-50)32-37-58(53)62-49-34-29-42(30-35-49)44-31-36-57-54(40-44)51-25-13-15-27-56(51)61(57,47-19-7-2-8-20-47)48-21-9-3-10-22-48/h1-41,62H. The summed E-state index contributed by atoms with van der Waals surface area (Å²) in [6.45, 7) is 0. The van der Waals surface area contributed by atoms with Crippen molar-refractivity contribution in [3.05, 3.63) is 271 Å². The van der Waals surface area contributed by atoms with Crippen molar-refractivity contribution < 1.29 is 0 Å². The Morgan fingerprint density at radius 3 is 1.59 bits per heavy atom. The molecule has 0 saturated carbocycles. The van der Waals surface area contributed by atoms with E-state index < -0.39 is 5.41 Å². The van der Waals surface area contributed by atoms with Crippen LogP contribution in [-0.4, -0.2) is 4.57 Å². The Hall–Kier alpha value is -8.20. The fourth-order valence-electron chi connectivity index (χ4n) is 10.2. The van der Waals surface area contributed by atoms with E-state index in [2.05, 4.69) is 259 Å². The zero-order valence-electron chi connectivity index (χ0n) is 34.6. The van der Waals surface area contributed by atoms with Gasteiger partial charge >= 0.3 is 0 Å². The number of benzene rings is 10. The lowest BCUT2D eigenvalue weighted by Gasteiger charge is -2.33. The van der Waals surface area contributed by atoms with Crippen molar-refractivity contribution in [1.82, 2.24) is 4.57 Å². The van der Waals surface area contributed by atoms with Gasteiger partial charge < -0.3 is 9.88 Å². The van der Waals surface area contributed by atoms with Gasteiger partial charge in [0, 0.05) is 33.4 Å². The lowest BCUT2D eigenvalue weighted by atomic mass is 9.67. The molecule has 63 heavy (non-hydrogen) atoms. The predicted molar refractivity (Wildman–Crippen MR) is 264 cm³/mol. The van der Waals surface area contributed by atoms with Gasteiger partial charge in [0.2, 0.25) is 0 Å².